The number of benzene rings is 1. The number of aliphatic hydroxyl groups excluding tert-OH is 1. The minimum absolute atomic E-state index is 0.0190. The number of hydrogen-bond donors (Lipinski definition) is 3. The highest BCUT2D eigenvalue weighted by Gasteiger charge is 2.16. The van der Waals surface area contributed by atoms with Gasteiger partial charge in [0.1, 0.15) is 29.3 Å². The Labute approximate surface area is 190 Å². The molecule has 4 N–H and O–H groups in total. The number of nitrogens with one attached hydrogen (secondary N) is 1. The third kappa shape index (κ3) is 6.93. The third-order valence-electron chi connectivity index (χ3n) is 4.58. The summed E-state index contributed by atoms with van der Waals surface area (Å²) in [6.45, 7) is 3.42. The minimum atomic E-state index is -0.609. The van der Waals surface area contributed by atoms with Crippen LogP contribution >= 0.6 is 0 Å². The van der Waals surface area contributed by atoms with Crippen LogP contribution in [-0.2, 0) is 4.74 Å². The number of pyridine rings is 1. The van der Waals surface area contributed by atoms with Crippen LogP contribution in [0.3, 0.4) is 0 Å². The van der Waals surface area contributed by atoms with E-state index in [0.717, 1.165) is 12.5 Å². The molecule has 0 atom stereocenters. The van der Waals surface area contributed by atoms with Gasteiger partial charge in [-0.3, -0.25) is 10.1 Å². The van der Waals surface area contributed by atoms with Gasteiger partial charge in [-0.15, -0.1) is 10.2 Å². The zero-order valence-corrected chi connectivity index (χ0v) is 18.1. The molecule has 12 nitrogen and oxygen atoms in total. The summed E-state index contributed by atoms with van der Waals surface area (Å²) in [5.74, 6) is 0.359. The van der Waals surface area contributed by atoms with Crippen LogP contribution < -0.4 is 11.1 Å². The summed E-state index contributed by atoms with van der Waals surface area (Å²) in [5.41, 5.74) is 6.79. The van der Waals surface area contributed by atoms with Crippen molar-refractivity contribution in [3.63, 3.8) is 0 Å². The van der Waals surface area contributed by atoms with Crippen molar-refractivity contribution in [2.24, 2.45) is 10.2 Å². The topological polar surface area (TPSA) is 196 Å². The van der Waals surface area contributed by atoms with Crippen LogP contribution in [-0.4, -0.2) is 41.4 Å². The predicted molar refractivity (Wildman–Crippen MR) is 120 cm³/mol. The number of azo groups is 1. The van der Waals surface area contributed by atoms with Gasteiger partial charge < -0.3 is 20.9 Å². The quantitative estimate of drug-likeness (QED) is 0.186. The maximum Gasteiger partial charge on any atom is 0.270 e. The first-order chi connectivity index (χ1) is 15.9. The number of non-ortho nitro benzene ring substituents is 1. The largest absolute Gasteiger partial charge is 0.396 e. The van der Waals surface area contributed by atoms with Crippen LogP contribution in [0.15, 0.2) is 28.4 Å². The summed E-state index contributed by atoms with van der Waals surface area (Å²) in [6, 6.07) is 7.56. The molecule has 0 amide bonds. The highest BCUT2D eigenvalue weighted by Crippen LogP contribution is 2.34. The predicted octanol–water partition coefficient (Wildman–Crippen LogP) is 3.63. The van der Waals surface area contributed by atoms with Gasteiger partial charge in [-0.1, -0.05) is 0 Å². The van der Waals surface area contributed by atoms with Crippen molar-refractivity contribution in [1.82, 2.24) is 4.98 Å². The van der Waals surface area contributed by atoms with E-state index in [0.29, 0.717) is 44.0 Å². The number of aliphatic hydroxyl groups is 1. The Morgan fingerprint density at radius 2 is 2.00 bits per heavy atom. The van der Waals surface area contributed by atoms with Crippen molar-refractivity contribution in [1.29, 1.82) is 10.5 Å². The molecule has 1 aromatic carbocycles. The molecule has 0 unspecified atom stereocenters. The average Bonchev–Trinajstić information content (AvgIpc) is 2.80. The summed E-state index contributed by atoms with van der Waals surface area (Å²) >= 11 is 0. The van der Waals surface area contributed by atoms with Crippen molar-refractivity contribution >= 4 is 28.7 Å². The van der Waals surface area contributed by atoms with Gasteiger partial charge >= 0.3 is 0 Å². The number of hydrogen-bond acceptors (Lipinski definition) is 11. The summed E-state index contributed by atoms with van der Waals surface area (Å²) in [5, 5.41) is 49.6. The third-order valence-corrected chi connectivity index (χ3v) is 4.58. The molecule has 1 aromatic heterocycles. The van der Waals surface area contributed by atoms with Crippen molar-refractivity contribution in [2.75, 3.05) is 37.4 Å². The van der Waals surface area contributed by atoms with Gasteiger partial charge in [-0.25, -0.2) is 4.98 Å². The van der Waals surface area contributed by atoms with E-state index in [9.17, 15) is 20.6 Å². The lowest BCUT2D eigenvalue weighted by atomic mass is 10.1. The number of anilines is 2. The Morgan fingerprint density at radius 3 is 2.67 bits per heavy atom. The summed E-state index contributed by atoms with van der Waals surface area (Å²) in [4.78, 5) is 14.5. The molecule has 0 aliphatic heterocycles. The number of nitro groups is 1. The number of nitriles is 2. The Bertz CT molecular complexity index is 1100. The highest BCUT2D eigenvalue weighted by atomic mass is 16.6. The van der Waals surface area contributed by atoms with Gasteiger partial charge in [0.15, 0.2) is 5.82 Å². The molecule has 2 aromatic rings. The van der Waals surface area contributed by atoms with E-state index in [-0.39, 0.29) is 40.6 Å². The van der Waals surface area contributed by atoms with Crippen molar-refractivity contribution in [2.45, 2.75) is 26.2 Å². The first kappa shape index (κ1) is 25.1. The molecule has 2 rings (SSSR count). The van der Waals surface area contributed by atoms with Crippen LogP contribution in [0.1, 0.15) is 36.0 Å². The maximum absolute atomic E-state index is 10.9. The van der Waals surface area contributed by atoms with Crippen LogP contribution in [0.2, 0.25) is 0 Å². The maximum atomic E-state index is 10.9. The molecule has 0 bridgehead atoms. The molecule has 33 heavy (non-hydrogen) atoms. The van der Waals surface area contributed by atoms with Gasteiger partial charge in [0.2, 0.25) is 0 Å². The number of nitro benzene ring substituents is 1. The van der Waals surface area contributed by atoms with Gasteiger partial charge in [0.25, 0.3) is 5.69 Å². The number of unbranched alkanes of at least 4 members (excludes halogenated alkanes) is 1. The first-order valence-electron chi connectivity index (χ1n) is 10.2. The fourth-order valence-electron chi connectivity index (χ4n) is 2.83. The molecule has 1 heterocycles. The highest BCUT2D eigenvalue weighted by molar-refractivity contribution is 5.73. The minimum Gasteiger partial charge on any atom is -0.396 e. The van der Waals surface area contributed by atoms with Gasteiger partial charge in [-0.05, 0) is 32.3 Å². The number of nitrogens with two attached hydrogens (primary N) is 1. The SMILES string of the molecule is Cc1c(C#N)c(NCCCOCCCCO)nc(N)c1N=Nc1ccc([N+](=O)[O-])cc1C#N. The lowest BCUT2D eigenvalue weighted by molar-refractivity contribution is -0.384. The standard InChI is InChI=1S/C21H24N8O4/c1-14-17(13-23)21(25-7-4-10-33-9-3-2-8-30)26-20(24)19(14)28-27-18-6-5-16(29(31)32)11-15(18)12-22/h5-6,11,30H,2-4,7-10H2,1H3,(H3,24,25,26). The smallest absolute Gasteiger partial charge is 0.270 e. The van der Waals surface area contributed by atoms with Crippen molar-refractivity contribution in [3.05, 3.63) is 45.0 Å². The van der Waals surface area contributed by atoms with E-state index in [1.807, 2.05) is 6.07 Å². The number of nitrogens with zero attached hydrogens (tertiary/aromatic N) is 6. The number of nitrogen functional groups attached to an aromatic ring is 1. The van der Waals surface area contributed by atoms with Crippen molar-refractivity contribution < 1.29 is 14.8 Å². The Hall–Kier alpha value is -4.13. The second kappa shape index (κ2) is 12.7. The van der Waals surface area contributed by atoms with Crippen LogP contribution in [0, 0.1) is 39.7 Å². The van der Waals surface area contributed by atoms with E-state index >= 15 is 0 Å². The van der Waals surface area contributed by atoms with E-state index in [1.165, 1.54) is 12.1 Å². The lowest BCUT2D eigenvalue weighted by Gasteiger charge is -2.12. The van der Waals surface area contributed by atoms with E-state index in [4.69, 9.17) is 15.6 Å². The molecule has 0 spiro atoms. The Balaban J connectivity index is 2.14. The first-order valence-corrected chi connectivity index (χ1v) is 10.2. The number of aromatic nitrogens is 1. The second-order valence-corrected chi connectivity index (χ2v) is 6.90. The molecule has 0 aliphatic rings. The Morgan fingerprint density at radius 1 is 1.24 bits per heavy atom. The fourth-order valence-corrected chi connectivity index (χ4v) is 2.83. The van der Waals surface area contributed by atoms with Crippen molar-refractivity contribution in [3.8, 4) is 12.1 Å². The van der Waals surface area contributed by atoms with Gasteiger partial charge in [-0.2, -0.15) is 10.5 Å². The van der Waals surface area contributed by atoms with E-state index < -0.39 is 4.92 Å². The van der Waals surface area contributed by atoms with Crippen LogP contribution in [0.5, 0.6) is 0 Å². The van der Waals surface area contributed by atoms with Crippen LogP contribution in [0.4, 0.5) is 28.7 Å². The molecule has 0 saturated carbocycles. The zero-order chi connectivity index (χ0) is 24.2. The normalized spacial score (nSPS) is 10.7. The monoisotopic (exact) mass is 452 g/mol. The number of rotatable bonds is 12. The van der Waals surface area contributed by atoms with E-state index in [1.54, 1.807) is 6.92 Å². The summed E-state index contributed by atoms with van der Waals surface area (Å²) in [6.07, 6.45) is 2.19. The molecule has 172 valence electrons. The molecule has 0 radical (unpaired) electrons. The van der Waals surface area contributed by atoms with E-state index in [2.05, 4.69) is 26.6 Å². The lowest BCUT2D eigenvalue weighted by Crippen LogP contribution is -2.10. The zero-order valence-electron chi connectivity index (χ0n) is 18.1. The molecular weight excluding hydrogens is 428 g/mol. The van der Waals surface area contributed by atoms with Gasteiger partial charge in [0.05, 0.1) is 16.1 Å². The van der Waals surface area contributed by atoms with Gasteiger partial charge in [0, 0.05) is 44.1 Å². The Kier molecular flexibility index (Phi) is 9.64. The molecule has 12 heteroatoms. The fraction of sp³-hybridized carbons (Fsp3) is 0.381. The molecular formula is C21H24N8O4. The number of ether oxygens (including phenoxy) is 1. The summed E-state index contributed by atoms with van der Waals surface area (Å²) in [7, 11) is 0. The molecule has 0 aliphatic carbocycles. The second-order valence-electron chi connectivity index (χ2n) is 6.90. The molecule has 0 fully saturated rings. The average molecular weight is 452 g/mol. The summed E-state index contributed by atoms with van der Waals surface area (Å²) < 4.78 is 5.46. The van der Waals surface area contributed by atoms with Crippen LogP contribution in [0.25, 0.3) is 0 Å². The molecule has 0 saturated heterocycles.